The summed E-state index contributed by atoms with van der Waals surface area (Å²) in [5, 5.41) is 0. The zero-order valence-electron chi connectivity index (χ0n) is 11.8. The third-order valence-corrected chi connectivity index (χ3v) is 2.19. The van der Waals surface area contributed by atoms with Crippen LogP contribution in [0.1, 0.15) is 45.0 Å². The highest BCUT2D eigenvalue weighted by Gasteiger charge is 2.17. The van der Waals surface area contributed by atoms with Crippen LogP contribution in [-0.2, 0) is 4.74 Å². The number of Topliss-reactive ketones (excluding diaryl/α,β-unsaturated/α-hetero) is 1. The highest BCUT2D eigenvalue weighted by Crippen LogP contribution is 2.20. The predicted molar refractivity (Wildman–Crippen MR) is 72.2 cm³/mol. The molecule has 0 radical (unpaired) electrons. The Balaban J connectivity index is 2.79. The van der Waals surface area contributed by atoms with Crippen LogP contribution in [-0.4, -0.2) is 24.1 Å². The van der Waals surface area contributed by atoms with E-state index in [1.807, 2.05) is 52.8 Å². The first-order valence-corrected chi connectivity index (χ1v) is 6.22. The Morgan fingerprint density at radius 2 is 1.83 bits per heavy atom. The molecule has 1 aromatic rings. The molecule has 0 N–H and O–H groups in total. The topological polar surface area (TPSA) is 35.5 Å². The van der Waals surface area contributed by atoms with Crippen LogP contribution in [0.15, 0.2) is 24.3 Å². The van der Waals surface area contributed by atoms with Gasteiger partial charge in [-0.15, -0.1) is 0 Å². The molecule has 0 saturated carbocycles. The van der Waals surface area contributed by atoms with Gasteiger partial charge in [-0.1, -0.05) is 12.1 Å². The fourth-order valence-corrected chi connectivity index (χ4v) is 1.41. The van der Waals surface area contributed by atoms with Gasteiger partial charge in [-0.05, 0) is 46.8 Å². The Labute approximate surface area is 109 Å². The zero-order chi connectivity index (χ0) is 13.8. The van der Waals surface area contributed by atoms with Gasteiger partial charge >= 0.3 is 0 Å². The van der Waals surface area contributed by atoms with Crippen molar-refractivity contribution < 1.29 is 14.3 Å². The summed E-state index contributed by atoms with van der Waals surface area (Å²) >= 11 is 0. The molecule has 0 atom stereocenters. The first-order chi connectivity index (χ1) is 8.29. The molecule has 0 heterocycles. The molecule has 0 unspecified atom stereocenters. The van der Waals surface area contributed by atoms with Gasteiger partial charge in [0, 0.05) is 0 Å². The van der Waals surface area contributed by atoms with Gasteiger partial charge in [0.25, 0.3) is 0 Å². The van der Waals surface area contributed by atoms with Gasteiger partial charge in [0.1, 0.15) is 12.4 Å². The number of ketones is 1. The number of carbonyl (C=O) groups is 1. The summed E-state index contributed by atoms with van der Waals surface area (Å²) < 4.78 is 11.1. The largest absolute Gasteiger partial charge is 0.490 e. The average Bonchev–Trinajstić information content (AvgIpc) is 2.25. The van der Waals surface area contributed by atoms with Crippen molar-refractivity contribution in [1.82, 2.24) is 0 Å². The molecule has 3 heteroatoms. The number of rotatable bonds is 5. The van der Waals surface area contributed by atoms with Crippen molar-refractivity contribution in [3.8, 4) is 5.75 Å². The zero-order valence-corrected chi connectivity index (χ0v) is 11.8. The molecule has 0 amide bonds. The molecule has 0 aliphatic carbocycles. The molecule has 0 aromatic heterocycles. The number of ether oxygens (including phenoxy) is 2. The Morgan fingerprint density at radius 3 is 2.39 bits per heavy atom. The van der Waals surface area contributed by atoms with E-state index in [9.17, 15) is 4.79 Å². The molecule has 0 aliphatic rings. The van der Waals surface area contributed by atoms with E-state index in [2.05, 4.69) is 0 Å². The summed E-state index contributed by atoms with van der Waals surface area (Å²) in [6, 6.07) is 7.27. The molecule has 0 bridgehead atoms. The maximum absolute atomic E-state index is 12.1. The summed E-state index contributed by atoms with van der Waals surface area (Å²) in [4.78, 5) is 12.1. The van der Waals surface area contributed by atoms with Gasteiger partial charge in [0.05, 0.1) is 17.3 Å². The molecule has 100 valence electrons. The lowest BCUT2D eigenvalue weighted by atomic mass is 10.1. The van der Waals surface area contributed by atoms with E-state index in [1.165, 1.54) is 0 Å². The van der Waals surface area contributed by atoms with E-state index >= 15 is 0 Å². The van der Waals surface area contributed by atoms with Gasteiger partial charge < -0.3 is 9.47 Å². The fourth-order valence-electron chi connectivity index (χ4n) is 1.41. The lowest BCUT2D eigenvalue weighted by Crippen LogP contribution is -2.24. The molecule has 3 nitrogen and oxygen atoms in total. The fraction of sp³-hybridized carbons (Fsp3) is 0.533. The second-order valence-electron chi connectivity index (χ2n) is 5.49. The molecule has 0 aliphatic heterocycles. The van der Waals surface area contributed by atoms with Crippen molar-refractivity contribution >= 4 is 5.78 Å². The minimum absolute atomic E-state index is 0.0440. The maximum Gasteiger partial charge on any atom is 0.192 e. The Morgan fingerprint density at radius 1 is 1.22 bits per heavy atom. The molecule has 18 heavy (non-hydrogen) atoms. The van der Waals surface area contributed by atoms with Crippen LogP contribution < -0.4 is 4.74 Å². The molecule has 0 spiro atoms. The first-order valence-electron chi connectivity index (χ1n) is 6.22. The minimum Gasteiger partial charge on any atom is -0.490 e. The predicted octanol–water partition coefficient (Wildman–Crippen LogP) is 3.47. The van der Waals surface area contributed by atoms with Crippen molar-refractivity contribution in [2.45, 2.75) is 46.3 Å². The van der Waals surface area contributed by atoms with E-state index in [0.29, 0.717) is 11.3 Å². The smallest absolute Gasteiger partial charge is 0.192 e. The minimum atomic E-state index is -0.316. The highest BCUT2D eigenvalue weighted by molar-refractivity contribution is 5.99. The van der Waals surface area contributed by atoms with Crippen LogP contribution in [0.4, 0.5) is 0 Å². The summed E-state index contributed by atoms with van der Waals surface area (Å²) in [5.74, 6) is 0.566. The quantitative estimate of drug-likeness (QED) is 0.751. The highest BCUT2D eigenvalue weighted by atomic mass is 16.5. The second kappa shape index (κ2) is 6.01. The van der Waals surface area contributed by atoms with E-state index in [4.69, 9.17) is 9.47 Å². The van der Waals surface area contributed by atoms with Crippen molar-refractivity contribution in [3.05, 3.63) is 29.8 Å². The standard InChI is InChI=1S/C15H22O3/c1-11(2)18-14-9-7-6-8-12(14)13(16)10-17-15(3,4)5/h6-9,11H,10H2,1-5H3. The first kappa shape index (κ1) is 14.7. The summed E-state index contributed by atoms with van der Waals surface area (Å²) in [6.07, 6.45) is 0.0440. The Kier molecular flexibility index (Phi) is 4.91. The molecular weight excluding hydrogens is 228 g/mol. The van der Waals surface area contributed by atoms with Crippen molar-refractivity contribution in [2.75, 3.05) is 6.61 Å². The number of hydrogen-bond acceptors (Lipinski definition) is 3. The van der Waals surface area contributed by atoms with Crippen LogP contribution >= 0.6 is 0 Å². The van der Waals surface area contributed by atoms with Gasteiger partial charge in [-0.25, -0.2) is 0 Å². The van der Waals surface area contributed by atoms with E-state index in [1.54, 1.807) is 6.07 Å². The van der Waals surface area contributed by atoms with Gasteiger partial charge in [-0.3, -0.25) is 4.79 Å². The van der Waals surface area contributed by atoms with Crippen LogP contribution in [0, 0.1) is 0 Å². The molecule has 1 aromatic carbocycles. The third kappa shape index (κ3) is 4.88. The monoisotopic (exact) mass is 250 g/mol. The molecule has 1 rings (SSSR count). The van der Waals surface area contributed by atoms with Crippen molar-refractivity contribution in [2.24, 2.45) is 0 Å². The maximum atomic E-state index is 12.1. The van der Waals surface area contributed by atoms with Crippen molar-refractivity contribution in [1.29, 1.82) is 0 Å². The van der Waals surface area contributed by atoms with Gasteiger partial charge in [-0.2, -0.15) is 0 Å². The average molecular weight is 250 g/mol. The molecular formula is C15H22O3. The summed E-state index contributed by atoms with van der Waals surface area (Å²) in [6.45, 7) is 9.73. The van der Waals surface area contributed by atoms with Gasteiger partial charge in [0.2, 0.25) is 0 Å². The van der Waals surface area contributed by atoms with E-state index in [0.717, 1.165) is 0 Å². The molecule has 0 fully saturated rings. The van der Waals surface area contributed by atoms with Crippen LogP contribution in [0.2, 0.25) is 0 Å². The van der Waals surface area contributed by atoms with Crippen LogP contribution in [0.5, 0.6) is 5.75 Å². The summed E-state index contributed by atoms with van der Waals surface area (Å²) in [5.41, 5.74) is 0.263. The summed E-state index contributed by atoms with van der Waals surface area (Å²) in [7, 11) is 0. The number of hydrogen-bond donors (Lipinski definition) is 0. The lowest BCUT2D eigenvalue weighted by Gasteiger charge is -2.19. The second-order valence-corrected chi connectivity index (χ2v) is 5.49. The SMILES string of the molecule is CC(C)Oc1ccccc1C(=O)COC(C)(C)C. The van der Waals surface area contributed by atoms with Gasteiger partial charge in [0.15, 0.2) is 5.78 Å². The Hall–Kier alpha value is -1.35. The van der Waals surface area contributed by atoms with E-state index < -0.39 is 0 Å². The van der Waals surface area contributed by atoms with Crippen LogP contribution in [0.3, 0.4) is 0 Å². The lowest BCUT2D eigenvalue weighted by molar-refractivity contribution is 0.00290. The van der Waals surface area contributed by atoms with Crippen LogP contribution in [0.25, 0.3) is 0 Å². The van der Waals surface area contributed by atoms with E-state index in [-0.39, 0.29) is 24.1 Å². The number of para-hydroxylation sites is 1. The number of carbonyl (C=O) groups excluding carboxylic acids is 1. The van der Waals surface area contributed by atoms with Crippen molar-refractivity contribution in [3.63, 3.8) is 0 Å². The normalized spacial score (nSPS) is 11.7. The Bertz CT molecular complexity index is 402. The molecule has 0 saturated heterocycles. The third-order valence-electron chi connectivity index (χ3n) is 2.19. The number of benzene rings is 1.